The lowest BCUT2D eigenvalue weighted by molar-refractivity contribution is -0.140. The number of alkyl halides is 3. The summed E-state index contributed by atoms with van der Waals surface area (Å²) in [6.07, 6.45) is -2.37. The van der Waals surface area contributed by atoms with Gasteiger partial charge in [0.1, 0.15) is 5.01 Å². The average Bonchev–Trinajstić information content (AvgIpc) is 2.88. The summed E-state index contributed by atoms with van der Waals surface area (Å²) >= 11 is 2.70. The molecule has 1 aromatic rings. The van der Waals surface area contributed by atoms with Crippen LogP contribution in [0.4, 0.5) is 13.2 Å². The van der Waals surface area contributed by atoms with Crippen LogP contribution >= 0.6 is 47.1 Å². The minimum atomic E-state index is -4.39. The Morgan fingerprint density at radius 2 is 2.00 bits per heavy atom. The van der Waals surface area contributed by atoms with E-state index in [0.717, 1.165) is 16.7 Å². The van der Waals surface area contributed by atoms with Crippen LogP contribution in [0.15, 0.2) is 10.4 Å². The first-order valence-electron chi connectivity index (χ1n) is 6.19. The molecule has 0 unspecified atom stereocenters. The molecule has 4 nitrogen and oxygen atoms in total. The molecule has 0 atom stereocenters. The predicted octanol–water partition coefficient (Wildman–Crippen LogP) is 3.59. The number of nitrogens with zero attached hydrogens (tertiary/aromatic N) is 2. The van der Waals surface area contributed by atoms with Crippen LogP contribution in [0.25, 0.3) is 0 Å². The van der Waals surface area contributed by atoms with Gasteiger partial charge < -0.3 is 10.6 Å². The van der Waals surface area contributed by atoms with Gasteiger partial charge in [-0.25, -0.2) is 4.98 Å². The van der Waals surface area contributed by atoms with Gasteiger partial charge in [0.25, 0.3) is 0 Å². The van der Waals surface area contributed by atoms with E-state index in [4.69, 9.17) is 0 Å². The van der Waals surface area contributed by atoms with Crippen molar-refractivity contribution in [3.8, 4) is 0 Å². The van der Waals surface area contributed by atoms with Crippen molar-refractivity contribution in [2.75, 3.05) is 19.8 Å². The van der Waals surface area contributed by atoms with Gasteiger partial charge in [0, 0.05) is 23.7 Å². The molecule has 10 heteroatoms. The Bertz CT molecular complexity index is 489. The molecule has 0 amide bonds. The maximum atomic E-state index is 12.4. The third-order valence-corrected chi connectivity index (χ3v) is 4.81. The molecule has 0 fully saturated rings. The van der Waals surface area contributed by atoms with E-state index in [2.05, 4.69) is 34.5 Å². The fourth-order valence-electron chi connectivity index (χ4n) is 1.27. The predicted molar refractivity (Wildman–Crippen MR) is 98.3 cm³/mol. The Kier molecular flexibility index (Phi) is 9.06. The lowest BCUT2D eigenvalue weighted by Gasteiger charge is -2.23. The van der Waals surface area contributed by atoms with Crippen LogP contribution in [0, 0.1) is 0 Å². The Morgan fingerprint density at radius 3 is 2.45 bits per heavy atom. The van der Waals surface area contributed by atoms with Gasteiger partial charge in [-0.15, -0.1) is 35.3 Å². The van der Waals surface area contributed by atoms with Crippen LogP contribution in [-0.2, 0) is 12.7 Å². The second-order valence-electron chi connectivity index (χ2n) is 4.87. The molecule has 0 aliphatic carbocycles. The standard InChI is InChI=1S/C12H19F3N4S2.HI/c1-11(2,20-4)7-18-10(16-3)17-5-9-19-8(6-21-9)12(13,14)15;/h6H,5,7H2,1-4H3,(H2,16,17,18);1H. The maximum Gasteiger partial charge on any atom is 0.434 e. The Morgan fingerprint density at radius 1 is 1.36 bits per heavy atom. The van der Waals surface area contributed by atoms with Gasteiger partial charge in [0.15, 0.2) is 11.7 Å². The number of guanidine groups is 1. The van der Waals surface area contributed by atoms with Crippen molar-refractivity contribution in [2.24, 2.45) is 4.99 Å². The van der Waals surface area contributed by atoms with Gasteiger partial charge in [-0.1, -0.05) is 0 Å². The zero-order valence-corrected chi connectivity index (χ0v) is 16.7. The normalized spacial score (nSPS) is 12.8. The molecule has 0 saturated heterocycles. The number of hydrogen-bond donors (Lipinski definition) is 2. The first kappa shape index (κ1) is 21.8. The summed E-state index contributed by atoms with van der Waals surface area (Å²) in [7, 11) is 1.62. The van der Waals surface area contributed by atoms with Crippen LogP contribution in [0.3, 0.4) is 0 Å². The fraction of sp³-hybridized carbons (Fsp3) is 0.667. The number of thiazole rings is 1. The quantitative estimate of drug-likeness (QED) is 0.394. The lowest BCUT2D eigenvalue weighted by atomic mass is 10.2. The molecule has 128 valence electrons. The van der Waals surface area contributed by atoms with Gasteiger partial charge >= 0.3 is 6.18 Å². The number of rotatable bonds is 5. The summed E-state index contributed by atoms with van der Waals surface area (Å²) in [5.74, 6) is 0.542. The van der Waals surface area contributed by atoms with Crippen molar-refractivity contribution in [1.29, 1.82) is 0 Å². The molecule has 2 N–H and O–H groups in total. The second-order valence-corrected chi connectivity index (χ2v) is 7.32. The summed E-state index contributed by atoms with van der Waals surface area (Å²) in [6, 6.07) is 0. The molecule has 0 saturated carbocycles. The third-order valence-electron chi connectivity index (χ3n) is 2.71. The van der Waals surface area contributed by atoms with E-state index in [-0.39, 0.29) is 35.3 Å². The first-order chi connectivity index (χ1) is 9.68. The molecule has 1 aromatic heterocycles. The summed E-state index contributed by atoms with van der Waals surface area (Å²) in [5, 5.41) is 7.49. The Balaban J connectivity index is 0.00000441. The number of aliphatic imine (C=N–C) groups is 1. The van der Waals surface area contributed by atoms with Gasteiger partial charge in [-0.05, 0) is 20.1 Å². The molecule has 1 rings (SSSR count). The molecule has 0 radical (unpaired) electrons. The first-order valence-corrected chi connectivity index (χ1v) is 8.29. The largest absolute Gasteiger partial charge is 0.434 e. The van der Waals surface area contributed by atoms with E-state index in [1.54, 1.807) is 18.8 Å². The van der Waals surface area contributed by atoms with Gasteiger partial charge in [0.05, 0.1) is 6.54 Å². The number of thioether (sulfide) groups is 1. The summed E-state index contributed by atoms with van der Waals surface area (Å²) in [5.41, 5.74) is -0.851. The second kappa shape index (κ2) is 9.16. The van der Waals surface area contributed by atoms with Crippen molar-refractivity contribution in [1.82, 2.24) is 15.6 Å². The van der Waals surface area contributed by atoms with Crippen molar-refractivity contribution in [3.05, 3.63) is 16.1 Å². The maximum absolute atomic E-state index is 12.4. The molecule has 0 aliphatic heterocycles. The van der Waals surface area contributed by atoms with Crippen LogP contribution in [0.5, 0.6) is 0 Å². The van der Waals surface area contributed by atoms with Crippen LogP contribution in [0.2, 0.25) is 0 Å². The zero-order chi connectivity index (χ0) is 16.1. The van der Waals surface area contributed by atoms with E-state index in [1.807, 2.05) is 6.26 Å². The van der Waals surface area contributed by atoms with E-state index in [0.29, 0.717) is 17.5 Å². The highest BCUT2D eigenvalue weighted by atomic mass is 127. The SMILES string of the molecule is CN=C(NCc1nc(C(F)(F)F)cs1)NCC(C)(C)SC.I. The van der Waals surface area contributed by atoms with Crippen molar-refractivity contribution >= 4 is 53.0 Å². The van der Waals surface area contributed by atoms with Gasteiger partial charge in [0.2, 0.25) is 0 Å². The summed E-state index contributed by atoms with van der Waals surface area (Å²) in [6.45, 7) is 5.09. The number of hydrogen-bond acceptors (Lipinski definition) is 4. The third kappa shape index (κ3) is 7.36. The molecular formula is C12H20F3IN4S2. The van der Waals surface area contributed by atoms with Crippen molar-refractivity contribution in [2.45, 2.75) is 31.3 Å². The van der Waals surface area contributed by atoms with E-state index >= 15 is 0 Å². The fourth-order valence-corrected chi connectivity index (χ4v) is 2.23. The highest BCUT2D eigenvalue weighted by molar-refractivity contribution is 14.0. The van der Waals surface area contributed by atoms with Crippen LogP contribution < -0.4 is 10.6 Å². The van der Waals surface area contributed by atoms with Gasteiger partial charge in [-0.3, -0.25) is 4.99 Å². The molecule has 0 bridgehead atoms. The summed E-state index contributed by atoms with van der Waals surface area (Å²) < 4.78 is 37.4. The monoisotopic (exact) mass is 468 g/mol. The number of nitrogens with one attached hydrogen (secondary N) is 2. The van der Waals surface area contributed by atoms with Crippen molar-refractivity contribution in [3.63, 3.8) is 0 Å². The van der Waals surface area contributed by atoms with E-state index in [9.17, 15) is 13.2 Å². The molecule has 22 heavy (non-hydrogen) atoms. The molecular weight excluding hydrogens is 448 g/mol. The lowest BCUT2D eigenvalue weighted by Crippen LogP contribution is -2.42. The number of aromatic nitrogens is 1. The van der Waals surface area contributed by atoms with E-state index in [1.165, 1.54) is 0 Å². The summed E-state index contributed by atoms with van der Waals surface area (Å²) in [4.78, 5) is 7.59. The average molecular weight is 468 g/mol. The van der Waals surface area contributed by atoms with Crippen LogP contribution in [-0.4, -0.2) is 35.5 Å². The number of halogens is 4. The smallest absolute Gasteiger partial charge is 0.355 e. The van der Waals surface area contributed by atoms with Crippen LogP contribution in [0.1, 0.15) is 24.5 Å². The molecule has 0 aromatic carbocycles. The Labute approximate surface area is 153 Å². The van der Waals surface area contributed by atoms with Crippen molar-refractivity contribution < 1.29 is 13.2 Å². The molecule has 0 aliphatic rings. The minimum Gasteiger partial charge on any atom is -0.355 e. The Hall–Kier alpha value is -0.230. The topological polar surface area (TPSA) is 49.3 Å². The highest BCUT2D eigenvalue weighted by Gasteiger charge is 2.33. The zero-order valence-electron chi connectivity index (χ0n) is 12.7. The van der Waals surface area contributed by atoms with E-state index < -0.39 is 11.9 Å². The van der Waals surface area contributed by atoms with Gasteiger partial charge in [-0.2, -0.15) is 24.9 Å². The molecule has 0 spiro atoms. The highest BCUT2D eigenvalue weighted by Crippen LogP contribution is 2.29. The minimum absolute atomic E-state index is 0. The molecule has 1 heterocycles.